The van der Waals surface area contributed by atoms with Crippen LogP contribution in [-0.2, 0) is 30.4 Å². The van der Waals surface area contributed by atoms with Crippen LogP contribution in [0.2, 0.25) is 0 Å². The Hall–Kier alpha value is -3.75. The quantitative estimate of drug-likeness (QED) is 0.0857. The molecule has 0 bridgehead atoms. The van der Waals surface area contributed by atoms with Crippen molar-refractivity contribution in [3.8, 4) is 5.75 Å². The lowest BCUT2D eigenvalue weighted by molar-refractivity contribution is -0.142. The number of aliphatic carboxylic acids is 2. The fourth-order valence-electron chi connectivity index (χ4n) is 3.82. The number of benzene rings is 1. The molecule has 0 radical (unpaired) electrons. The van der Waals surface area contributed by atoms with Gasteiger partial charge in [-0.3, -0.25) is 19.2 Å². The first kappa shape index (κ1) is 34.3. The summed E-state index contributed by atoms with van der Waals surface area (Å²) in [6.45, 7) is 0.726. The van der Waals surface area contributed by atoms with Gasteiger partial charge in [-0.2, -0.15) is 0 Å². The third kappa shape index (κ3) is 13.4. The molecular weight excluding hydrogens is 524 g/mol. The van der Waals surface area contributed by atoms with E-state index in [0.717, 1.165) is 0 Å². The summed E-state index contributed by atoms with van der Waals surface area (Å²) in [6, 6.07) is 1.24. The molecule has 0 fully saturated rings. The van der Waals surface area contributed by atoms with Crippen molar-refractivity contribution < 1.29 is 39.3 Å². The predicted octanol–water partition coefficient (Wildman–Crippen LogP) is -1.08. The van der Waals surface area contributed by atoms with E-state index < -0.39 is 53.8 Å². The standard InChI is InChI=1S/C26H42N6O8/c27-13-3-1-5-19(30-23(36)18(29)11-12-22(34)35)24(37)32-21(15-16-7-9-17(33)10-8-16)25(38)31-20(26(39)40)6-2-4-14-28/h7-10,18-21,33H,1-6,11-15,27-29H2,(H,30,36)(H,31,38)(H,32,37)(H,34,35)(H,39,40). The maximum absolute atomic E-state index is 13.3. The van der Waals surface area contributed by atoms with Crippen LogP contribution in [0.4, 0.5) is 0 Å². The zero-order valence-corrected chi connectivity index (χ0v) is 22.5. The topological polar surface area (TPSA) is 260 Å². The maximum Gasteiger partial charge on any atom is 0.326 e. The molecule has 0 aliphatic carbocycles. The SMILES string of the molecule is NCCCCC(NC(=O)C(Cc1ccc(O)cc1)NC(=O)C(CCCCN)NC(=O)C(N)CCC(=O)O)C(=O)O. The largest absolute Gasteiger partial charge is 0.508 e. The van der Waals surface area contributed by atoms with Crippen LogP contribution < -0.4 is 33.2 Å². The van der Waals surface area contributed by atoms with Crippen molar-refractivity contribution in [1.29, 1.82) is 0 Å². The van der Waals surface area contributed by atoms with E-state index in [2.05, 4.69) is 16.0 Å². The van der Waals surface area contributed by atoms with E-state index in [1.165, 1.54) is 12.1 Å². The van der Waals surface area contributed by atoms with Crippen molar-refractivity contribution >= 4 is 29.7 Å². The van der Waals surface area contributed by atoms with Gasteiger partial charge in [0.25, 0.3) is 0 Å². The molecule has 0 spiro atoms. The number of rotatable bonds is 20. The second kappa shape index (κ2) is 18.5. The number of nitrogens with two attached hydrogens (primary N) is 3. The van der Waals surface area contributed by atoms with Gasteiger partial charge in [0.1, 0.15) is 23.9 Å². The van der Waals surface area contributed by atoms with Crippen molar-refractivity contribution in [2.75, 3.05) is 13.1 Å². The molecule has 0 heterocycles. The zero-order chi connectivity index (χ0) is 30.1. The van der Waals surface area contributed by atoms with Gasteiger partial charge in [0.2, 0.25) is 17.7 Å². The van der Waals surface area contributed by atoms with Gasteiger partial charge in [-0.1, -0.05) is 12.1 Å². The van der Waals surface area contributed by atoms with Crippen LogP contribution in [0.25, 0.3) is 0 Å². The summed E-state index contributed by atoms with van der Waals surface area (Å²) in [5.74, 6) is -4.52. The van der Waals surface area contributed by atoms with Crippen molar-refractivity contribution in [3.05, 3.63) is 29.8 Å². The van der Waals surface area contributed by atoms with E-state index >= 15 is 0 Å². The number of carboxylic acid groups (broad SMARTS) is 2. The minimum atomic E-state index is -1.23. The summed E-state index contributed by atoms with van der Waals surface area (Å²) in [6.07, 6.45) is 1.89. The van der Waals surface area contributed by atoms with Gasteiger partial charge in [-0.05, 0) is 75.7 Å². The third-order valence-electron chi connectivity index (χ3n) is 6.16. The number of carboxylic acids is 2. The molecule has 224 valence electrons. The van der Waals surface area contributed by atoms with Crippen LogP contribution in [-0.4, -0.2) is 82.2 Å². The number of phenols is 1. The van der Waals surface area contributed by atoms with Crippen LogP contribution in [0.1, 0.15) is 56.9 Å². The van der Waals surface area contributed by atoms with E-state index in [4.69, 9.17) is 22.3 Å². The molecule has 14 heteroatoms. The van der Waals surface area contributed by atoms with Gasteiger partial charge >= 0.3 is 11.9 Å². The average Bonchev–Trinajstić information content (AvgIpc) is 2.91. The Labute approximate surface area is 233 Å². The normalized spacial score (nSPS) is 13.9. The first-order valence-electron chi connectivity index (χ1n) is 13.3. The fraction of sp³-hybridized carbons (Fsp3) is 0.577. The summed E-state index contributed by atoms with van der Waals surface area (Å²) >= 11 is 0. The van der Waals surface area contributed by atoms with Crippen LogP contribution in [0.5, 0.6) is 5.75 Å². The lowest BCUT2D eigenvalue weighted by atomic mass is 10.0. The van der Waals surface area contributed by atoms with E-state index in [1.54, 1.807) is 12.1 Å². The first-order valence-corrected chi connectivity index (χ1v) is 13.3. The number of unbranched alkanes of at least 4 members (excludes halogenated alkanes) is 2. The lowest BCUT2D eigenvalue weighted by Crippen LogP contribution is -2.57. The monoisotopic (exact) mass is 566 g/mol. The number of nitrogens with one attached hydrogen (secondary N) is 3. The Morgan fingerprint density at radius 3 is 1.73 bits per heavy atom. The molecule has 1 aromatic rings. The molecular formula is C26H42N6O8. The highest BCUT2D eigenvalue weighted by Gasteiger charge is 2.30. The zero-order valence-electron chi connectivity index (χ0n) is 22.5. The molecule has 0 aliphatic heterocycles. The molecule has 0 aromatic heterocycles. The number of amides is 3. The molecule has 4 unspecified atom stereocenters. The number of phenolic OH excluding ortho intramolecular Hbond substituents is 1. The highest BCUT2D eigenvalue weighted by atomic mass is 16.4. The highest BCUT2D eigenvalue weighted by Crippen LogP contribution is 2.13. The molecule has 0 saturated heterocycles. The van der Waals surface area contributed by atoms with Gasteiger partial charge in [0.15, 0.2) is 0 Å². The number of carbonyl (C=O) groups is 5. The molecule has 14 nitrogen and oxygen atoms in total. The summed E-state index contributed by atoms with van der Waals surface area (Å²) < 4.78 is 0. The summed E-state index contributed by atoms with van der Waals surface area (Å²) in [5.41, 5.74) is 17.4. The number of hydrogen-bond acceptors (Lipinski definition) is 9. The van der Waals surface area contributed by atoms with Crippen molar-refractivity contribution in [2.24, 2.45) is 17.2 Å². The minimum Gasteiger partial charge on any atom is -0.508 e. The van der Waals surface area contributed by atoms with Gasteiger partial charge in [-0.15, -0.1) is 0 Å². The van der Waals surface area contributed by atoms with E-state index in [1.807, 2.05) is 0 Å². The van der Waals surface area contributed by atoms with Gasteiger partial charge in [-0.25, -0.2) is 4.79 Å². The van der Waals surface area contributed by atoms with E-state index in [9.17, 15) is 34.2 Å². The number of aromatic hydroxyl groups is 1. The van der Waals surface area contributed by atoms with Gasteiger partial charge in [0.05, 0.1) is 6.04 Å². The van der Waals surface area contributed by atoms with Gasteiger partial charge in [0, 0.05) is 12.8 Å². The predicted molar refractivity (Wildman–Crippen MR) is 146 cm³/mol. The van der Waals surface area contributed by atoms with E-state index in [0.29, 0.717) is 44.3 Å². The molecule has 0 saturated carbocycles. The molecule has 1 rings (SSSR count). The first-order chi connectivity index (χ1) is 19.0. The molecule has 3 amide bonds. The van der Waals surface area contributed by atoms with Crippen molar-refractivity contribution in [1.82, 2.24) is 16.0 Å². The molecule has 4 atom stereocenters. The summed E-state index contributed by atoms with van der Waals surface area (Å²) in [7, 11) is 0. The van der Waals surface area contributed by atoms with Crippen molar-refractivity contribution in [3.63, 3.8) is 0 Å². The Morgan fingerprint density at radius 2 is 1.20 bits per heavy atom. The summed E-state index contributed by atoms with van der Waals surface area (Å²) in [5, 5.41) is 35.6. The van der Waals surface area contributed by atoms with Crippen molar-refractivity contribution in [2.45, 2.75) is 82.0 Å². The minimum absolute atomic E-state index is 0.00143. The number of carbonyl (C=O) groups excluding carboxylic acids is 3. The van der Waals surface area contributed by atoms with Crippen LogP contribution in [0.3, 0.4) is 0 Å². The lowest BCUT2D eigenvalue weighted by Gasteiger charge is -2.25. The molecule has 40 heavy (non-hydrogen) atoms. The maximum atomic E-state index is 13.3. The number of hydrogen-bond donors (Lipinski definition) is 9. The smallest absolute Gasteiger partial charge is 0.326 e. The molecule has 1 aromatic carbocycles. The second-order valence-electron chi connectivity index (χ2n) is 9.50. The third-order valence-corrected chi connectivity index (χ3v) is 6.16. The second-order valence-corrected chi connectivity index (χ2v) is 9.50. The highest BCUT2D eigenvalue weighted by molar-refractivity contribution is 5.94. The Balaban J connectivity index is 3.12. The Morgan fingerprint density at radius 1 is 0.700 bits per heavy atom. The van der Waals surface area contributed by atoms with Crippen LogP contribution in [0, 0.1) is 0 Å². The van der Waals surface area contributed by atoms with Gasteiger partial charge < -0.3 is 48.5 Å². The molecule has 0 aliphatic rings. The average molecular weight is 567 g/mol. The summed E-state index contributed by atoms with van der Waals surface area (Å²) in [4.78, 5) is 61.7. The Bertz CT molecular complexity index is 974. The van der Waals surface area contributed by atoms with Crippen LogP contribution >= 0.6 is 0 Å². The Kier molecular flexibility index (Phi) is 15.9. The molecule has 12 N–H and O–H groups in total. The van der Waals surface area contributed by atoms with E-state index in [-0.39, 0.29) is 37.9 Å². The van der Waals surface area contributed by atoms with Crippen LogP contribution in [0.15, 0.2) is 24.3 Å². The fourth-order valence-corrected chi connectivity index (χ4v) is 3.82.